The summed E-state index contributed by atoms with van der Waals surface area (Å²) in [6.45, 7) is 0.502. The highest BCUT2D eigenvalue weighted by atomic mass is 16.4. The molecule has 0 radical (unpaired) electrons. The van der Waals surface area contributed by atoms with Crippen LogP contribution in [0.5, 0.6) is 0 Å². The minimum Gasteiger partial charge on any atom is -0.481 e. The molecule has 0 spiro atoms. The number of carbonyl (C=O) groups is 3. The Morgan fingerprint density at radius 3 is 2.37 bits per heavy atom. The molecule has 1 aliphatic heterocycles. The highest BCUT2D eigenvalue weighted by Crippen LogP contribution is 2.42. The van der Waals surface area contributed by atoms with Gasteiger partial charge in [-0.05, 0) is 25.7 Å². The lowest BCUT2D eigenvalue weighted by atomic mass is 9.82. The third-order valence-electron chi connectivity index (χ3n) is 4.41. The summed E-state index contributed by atoms with van der Waals surface area (Å²) >= 11 is 0. The summed E-state index contributed by atoms with van der Waals surface area (Å²) in [7, 11) is 0. The summed E-state index contributed by atoms with van der Waals surface area (Å²) in [6, 6.07) is -0.556. The lowest BCUT2D eigenvalue weighted by molar-refractivity contribution is -0.154. The highest BCUT2D eigenvalue weighted by molar-refractivity contribution is 5.90. The summed E-state index contributed by atoms with van der Waals surface area (Å²) in [5, 5.41) is 9.37. The number of rotatable bonds is 4. The van der Waals surface area contributed by atoms with Gasteiger partial charge >= 0.3 is 5.97 Å². The number of likely N-dealkylation sites (tertiary alicyclic amines) is 1. The van der Waals surface area contributed by atoms with E-state index in [-0.39, 0.29) is 12.3 Å². The Labute approximate surface area is 111 Å². The van der Waals surface area contributed by atoms with Crippen LogP contribution in [0.25, 0.3) is 0 Å². The fraction of sp³-hybridized carbons (Fsp3) is 0.769. The van der Waals surface area contributed by atoms with Crippen molar-refractivity contribution < 1.29 is 19.5 Å². The fourth-order valence-corrected chi connectivity index (χ4v) is 3.27. The van der Waals surface area contributed by atoms with Gasteiger partial charge in [0.25, 0.3) is 0 Å². The summed E-state index contributed by atoms with van der Waals surface area (Å²) in [5.74, 6) is -1.64. The lowest BCUT2D eigenvalue weighted by Crippen LogP contribution is -2.46. The molecule has 1 unspecified atom stereocenters. The van der Waals surface area contributed by atoms with Gasteiger partial charge < -0.3 is 15.7 Å². The van der Waals surface area contributed by atoms with Gasteiger partial charge in [0.15, 0.2) is 0 Å². The predicted octanol–water partition coefficient (Wildman–Crippen LogP) is 0.498. The van der Waals surface area contributed by atoms with E-state index in [1.807, 2.05) is 0 Å². The molecule has 0 aromatic heterocycles. The quantitative estimate of drug-likeness (QED) is 0.775. The lowest BCUT2D eigenvalue weighted by Gasteiger charge is -2.28. The van der Waals surface area contributed by atoms with Crippen LogP contribution in [-0.2, 0) is 14.4 Å². The average molecular weight is 268 g/mol. The van der Waals surface area contributed by atoms with Crippen molar-refractivity contribution in [2.75, 3.05) is 6.54 Å². The molecule has 1 aliphatic carbocycles. The zero-order valence-corrected chi connectivity index (χ0v) is 10.9. The smallest absolute Gasteiger partial charge is 0.310 e. The Kier molecular flexibility index (Phi) is 3.78. The molecule has 2 aliphatic rings. The van der Waals surface area contributed by atoms with Crippen molar-refractivity contribution in [3.63, 3.8) is 0 Å². The number of carboxylic acid groups (broad SMARTS) is 1. The molecule has 2 amide bonds. The third-order valence-corrected chi connectivity index (χ3v) is 4.41. The van der Waals surface area contributed by atoms with Crippen molar-refractivity contribution >= 4 is 17.8 Å². The molecule has 2 rings (SSSR count). The maximum absolute atomic E-state index is 12.3. The van der Waals surface area contributed by atoms with Gasteiger partial charge in [-0.1, -0.05) is 12.8 Å². The molecule has 106 valence electrons. The van der Waals surface area contributed by atoms with Crippen LogP contribution >= 0.6 is 0 Å². The van der Waals surface area contributed by atoms with E-state index < -0.39 is 23.3 Å². The molecule has 1 heterocycles. The van der Waals surface area contributed by atoms with Crippen LogP contribution in [0.2, 0.25) is 0 Å². The number of nitrogens with zero attached hydrogens (tertiary/aromatic N) is 1. The topological polar surface area (TPSA) is 101 Å². The first-order valence-corrected chi connectivity index (χ1v) is 6.78. The van der Waals surface area contributed by atoms with E-state index in [9.17, 15) is 19.5 Å². The second-order valence-electron chi connectivity index (χ2n) is 5.62. The Balaban J connectivity index is 2.07. The van der Waals surface area contributed by atoms with Crippen LogP contribution in [0.15, 0.2) is 0 Å². The predicted molar refractivity (Wildman–Crippen MR) is 67.1 cm³/mol. The summed E-state index contributed by atoms with van der Waals surface area (Å²) in [4.78, 5) is 36.5. The number of amides is 2. The van der Waals surface area contributed by atoms with Crippen LogP contribution in [0.3, 0.4) is 0 Å². The molecular formula is C13H20N2O4. The minimum atomic E-state index is -0.929. The van der Waals surface area contributed by atoms with Crippen molar-refractivity contribution in [2.24, 2.45) is 11.1 Å². The van der Waals surface area contributed by atoms with Gasteiger partial charge in [0.05, 0.1) is 5.41 Å². The number of hydrogen-bond donors (Lipinski definition) is 2. The van der Waals surface area contributed by atoms with Crippen molar-refractivity contribution in [1.82, 2.24) is 4.90 Å². The van der Waals surface area contributed by atoms with E-state index in [4.69, 9.17) is 5.73 Å². The van der Waals surface area contributed by atoms with E-state index in [0.717, 1.165) is 19.3 Å². The second-order valence-corrected chi connectivity index (χ2v) is 5.62. The Hall–Kier alpha value is -1.59. The van der Waals surface area contributed by atoms with Gasteiger partial charge in [0, 0.05) is 13.0 Å². The Morgan fingerprint density at radius 2 is 1.84 bits per heavy atom. The van der Waals surface area contributed by atoms with Crippen LogP contribution in [0.4, 0.5) is 0 Å². The molecule has 3 N–H and O–H groups in total. The Bertz CT molecular complexity index is 401. The van der Waals surface area contributed by atoms with E-state index in [0.29, 0.717) is 25.8 Å². The van der Waals surface area contributed by atoms with E-state index >= 15 is 0 Å². The molecule has 1 saturated heterocycles. The molecule has 0 bridgehead atoms. The summed E-state index contributed by atoms with van der Waals surface area (Å²) in [6.07, 6.45) is 4.11. The molecule has 6 heteroatoms. The normalized spacial score (nSPS) is 25.5. The highest BCUT2D eigenvalue weighted by Gasteiger charge is 2.45. The van der Waals surface area contributed by atoms with Crippen molar-refractivity contribution in [1.29, 1.82) is 0 Å². The maximum atomic E-state index is 12.3. The number of nitrogens with two attached hydrogens (primary N) is 1. The first-order chi connectivity index (χ1) is 8.96. The number of carboxylic acids is 1. The number of hydrogen-bond acceptors (Lipinski definition) is 3. The van der Waals surface area contributed by atoms with Gasteiger partial charge in [0.2, 0.25) is 11.8 Å². The van der Waals surface area contributed by atoms with Crippen molar-refractivity contribution in [2.45, 2.75) is 51.0 Å². The van der Waals surface area contributed by atoms with Crippen LogP contribution < -0.4 is 5.73 Å². The zero-order chi connectivity index (χ0) is 14.0. The van der Waals surface area contributed by atoms with Crippen molar-refractivity contribution in [3.05, 3.63) is 0 Å². The zero-order valence-electron chi connectivity index (χ0n) is 10.9. The standard InChI is InChI=1S/C13H20N2O4/c14-11(17)9-4-3-7-15(9)10(16)8-13(12(18)19)5-1-2-6-13/h9H,1-8H2,(H2,14,17)(H,18,19). The molecule has 0 aromatic rings. The van der Waals surface area contributed by atoms with Gasteiger partial charge in [-0.3, -0.25) is 14.4 Å². The summed E-state index contributed by atoms with van der Waals surface area (Å²) < 4.78 is 0. The van der Waals surface area contributed by atoms with Crippen LogP contribution in [0, 0.1) is 5.41 Å². The molecule has 2 fully saturated rings. The fourth-order valence-electron chi connectivity index (χ4n) is 3.27. The molecule has 19 heavy (non-hydrogen) atoms. The molecule has 1 saturated carbocycles. The first-order valence-electron chi connectivity index (χ1n) is 6.78. The van der Waals surface area contributed by atoms with Gasteiger partial charge in [-0.2, -0.15) is 0 Å². The largest absolute Gasteiger partial charge is 0.481 e. The van der Waals surface area contributed by atoms with Gasteiger partial charge in [0.1, 0.15) is 6.04 Å². The second kappa shape index (κ2) is 5.19. The number of carbonyl (C=O) groups excluding carboxylic acids is 2. The van der Waals surface area contributed by atoms with Crippen LogP contribution in [-0.4, -0.2) is 40.4 Å². The van der Waals surface area contributed by atoms with Crippen molar-refractivity contribution in [3.8, 4) is 0 Å². The molecule has 0 aromatic carbocycles. The Morgan fingerprint density at radius 1 is 1.21 bits per heavy atom. The molecular weight excluding hydrogens is 248 g/mol. The van der Waals surface area contributed by atoms with E-state index in [2.05, 4.69) is 0 Å². The molecule has 1 atom stereocenters. The first kappa shape index (κ1) is 13.8. The van der Waals surface area contributed by atoms with Gasteiger partial charge in [-0.15, -0.1) is 0 Å². The van der Waals surface area contributed by atoms with E-state index in [1.54, 1.807) is 0 Å². The third kappa shape index (κ3) is 2.57. The van der Waals surface area contributed by atoms with Gasteiger partial charge in [-0.25, -0.2) is 0 Å². The van der Waals surface area contributed by atoms with E-state index in [1.165, 1.54) is 4.90 Å². The number of primary amides is 1. The monoisotopic (exact) mass is 268 g/mol. The molecule has 6 nitrogen and oxygen atoms in total. The maximum Gasteiger partial charge on any atom is 0.310 e. The SMILES string of the molecule is NC(=O)C1CCCN1C(=O)CC1(C(=O)O)CCCC1. The minimum absolute atomic E-state index is 0.00782. The summed E-state index contributed by atoms with van der Waals surface area (Å²) in [5.41, 5.74) is 4.35. The van der Waals surface area contributed by atoms with Crippen LogP contribution in [0.1, 0.15) is 44.9 Å². The average Bonchev–Trinajstić information content (AvgIpc) is 2.97. The number of aliphatic carboxylic acids is 1.